The van der Waals surface area contributed by atoms with Crippen molar-refractivity contribution in [3.63, 3.8) is 0 Å². The highest BCUT2D eigenvalue weighted by atomic mass is 16.6. The number of carbonyl (C=O) groups excluding carboxylic acids is 1. The molecule has 4 N–H and O–H groups in total. The number of benzene rings is 1. The SMILES string of the molecule is CC(C)(C)OC(=O)N1CCC(Nc2ncnc(N)c2C(=N)c2ccc([N+](=O)[O-])cc2)C1. The molecule has 0 saturated carbocycles. The van der Waals surface area contributed by atoms with Crippen LogP contribution in [0.1, 0.15) is 38.3 Å². The van der Waals surface area contributed by atoms with Crippen molar-refractivity contribution in [1.29, 1.82) is 5.41 Å². The fraction of sp³-hybridized carbons (Fsp3) is 0.400. The number of carbonyl (C=O) groups is 1. The summed E-state index contributed by atoms with van der Waals surface area (Å²) in [5.41, 5.74) is 6.17. The standard InChI is InChI=1S/C20H25N7O4/c1-20(2,3)31-19(28)26-9-8-13(10-26)25-18-15(17(22)23-11-24-18)16(21)12-4-6-14(7-5-12)27(29)30/h4-7,11,13,21H,8-10H2,1-3H3,(H3,22,23,24,25). The molecule has 0 spiro atoms. The number of nitrogens with two attached hydrogens (primary N) is 1. The van der Waals surface area contributed by atoms with E-state index in [9.17, 15) is 14.9 Å². The van der Waals surface area contributed by atoms with Gasteiger partial charge in [-0.15, -0.1) is 0 Å². The predicted octanol–water partition coefficient (Wildman–Crippen LogP) is 2.80. The van der Waals surface area contributed by atoms with E-state index >= 15 is 0 Å². The van der Waals surface area contributed by atoms with Gasteiger partial charge in [-0.1, -0.05) is 0 Å². The van der Waals surface area contributed by atoms with Crippen LogP contribution >= 0.6 is 0 Å². The van der Waals surface area contributed by atoms with E-state index in [-0.39, 0.29) is 29.4 Å². The third-order valence-electron chi connectivity index (χ3n) is 4.67. The minimum absolute atomic E-state index is 0.0393. The van der Waals surface area contributed by atoms with Crippen molar-refractivity contribution in [3.05, 3.63) is 51.8 Å². The van der Waals surface area contributed by atoms with Crippen LogP contribution < -0.4 is 11.1 Å². The molecule has 2 aromatic rings. The Bertz CT molecular complexity index is 1000. The highest BCUT2D eigenvalue weighted by molar-refractivity contribution is 6.16. The van der Waals surface area contributed by atoms with Gasteiger partial charge in [0.25, 0.3) is 5.69 Å². The number of amides is 1. The highest BCUT2D eigenvalue weighted by Crippen LogP contribution is 2.25. The maximum absolute atomic E-state index is 12.3. The number of hydrogen-bond donors (Lipinski definition) is 3. The predicted molar refractivity (Wildman–Crippen MR) is 115 cm³/mol. The van der Waals surface area contributed by atoms with Gasteiger partial charge in [-0.05, 0) is 39.3 Å². The zero-order valence-electron chi connectivity index (χ0n) is 17.6. The number of rotatable bonds is 5. The average molecular weight is 427 g/mol. The van der Waals surface area contributed by atoms with Crippen LogP contribution in [0.4, 0.5) is 22.1 Å². The Morgan fingerprint density at radius 2 is 2.00 bits per heavy atom. The molecule has 11 heteroatoms. The van der Waals surface area contributed by atoms with E-state index in [2.05, 4.69) is 15.3 Å². The molecule has 1 amide bonds. The zero-order valence-corrected chi connectivity index (χ0v) is 17.6. The van der Waals surface area contributed by atoms with Crippen molar-refractivity contribution in [1.82, 2.24) is 14.9 Å². The molecule has 0 bridgehead atoms. The van der Waals surface area contributed by atoms with E-state index < -0.39 is 10.5 Å². The minimum Gasteiger partial charge on any atom is -0.444 e. The number of nitrogens with one attached hydrogen (secondary N) is 2. The molecule has 1 aliphatic rings. The van der Waals surface area contributed by atoms with Gasteiger partial charge in [0.05, 0.1) is 16.2 Å². The van der Waals surface area contributed by atoms with Gasteiger partial charge < -0.3 is 20.7 Å². The second-order valence-corrected chi connectivity index (χ2v) is 8.22. The Hall–Kier alpha value is -3.76. The largest absolute Gasteiger partial charge is 0.444 e. The van der Waals surface area contributed by atoms with Gasteiger partial charge in [-0.3, -0.25) is 15.5 Å². The monoisotopic (exact) mass is 427 g/mol. The van der Waals surface area contributed by atoms with Crippen LogP contribution in [0.25, 0.3) is 0 Å². The van der Waals surface area contributed by atoms with E-state index in [1.807, 2.05) is 20.8 Å². The van der Waals surface area contributed by atoms with Gasteiger partial charge in [0.15, 0.2) is 0 Å². The summed E-state index contributed by atoms with van der Waals surface area (Å²) in [7, 11) is 0. The summed E-state index contributed by atoms with van der Waals surface area (Å²) in [6.45, 7) is 6.40. The molecule has 11 nitrogen and oxygen atoms in total. The fourth-order valence-corrected chi connectivity index (χ4v) is 3.21. The van der Waals surface area contributed by atoms with Gasteiger partial charge in [-0.25, -0.2) is 14.8 Å². The zero-order chi connectivity index (χ0) is 22.8. The molecule has 1 fully saturated rings. The van der Waals surface area contributed by atoms with Gasteiger partial charge in [0.1, 0.15) is 23.6 Å². The first-order valence-electron chi connectivity index (χ1n) is 9.74. The quantitative estimate of drug-likeness (QED) is 0.373. The molecule has 1 saturated heterocycles. The molecule has 3 rings (SSSR count). The maximum Gasteiger partial charge on any atom is 0.410 e. The topological polar surface area (TPSA) is 160 Å². The van der Waals surface area contributed by atoms with Gasteiger partial charge in [0.2, 0.25) is 0 Å². The Balaban J connectivity index is 1.77. The second-order valence-electron chi connectivity index (χ2n) is 8.22. The van der Waals surface area contributed by atoms with Crippen LogP contribution in [0.3, 0.4) is 0 Å². The lowest BCUT2D eigenvalue weighted by Gasteiger charge is -2.24. The lowest BCUT2D eigenvalue weighted by atomic mass is 10.0. The lowest BCUT2D eigenvalue weighted by molar-refractivity contribution is -0.384. The number of non-ortho nitro benzene ring substituents is 1. The molecule has 164 valence electrons. The van der Waals surface area contributed by atoms with Crippen LogP contribution in [-0.4, -0.2) is 56.3 Å². The van der Waals surface area contributed by atoms with Crippen LogP contribution in [0.5, 0.6) is 0 Å². The van der Waals surface area contributed by atoms with Gasteiger partial charge in [0, 0.05) is 36.8 Å². The van der Waals surface area contributed by atoms with E-state index in [4.69, 9.17) is 15.9 Å². The third kappa shape index (κ3) is 5.24. The number of nitrogens with zero attached hydrogens (tertiary/aromatic N) is 4. The first-order valence-corrected chi connectivity index (χ1v) is 9.74. The van der Waals surface area contributed by atoms with Crippen molar-refractivity contribution in [2.24, 2.45) is 0 Å². The van der Waals surface area contributed by atoms with Crippen LogP contribution in [0.2, 0.25) is 0 Å². The molecule has 31 heavy (non-hydrogen) atoms. The van der Waals surface area contributed by atoms with Crippen LogP contribution in [0, 0.1) is 15.5 Å². The number of hydrogen-bond acceptors (Lipinski definition) is 9. The molecule has 1 aromatic carbocycles. The summed E-state index contributed by atoms with van der Waals surface area (Å²) in [4.78, 5) is 32.5. The molecule has 1 unspecified atom stereocenters. The Morgan fingerprint density at radius 1 is 1.32 bits per heavy atom. The normalized spacial score (nSPS) is 16.1. The minimum atomic E-state index is -0.573. The number of nitro groups is 1. The van der Waals surface area contributed by atoms with Gasteiger partial charge >= 0.3 is 6.09 Å². The molecule has 1 aliphatic heterocycles. The first-order chi connectivity index (χ1) is 14.5. The fourth-order valence-electron chi connectivity index (χ4n) is 3.21. The molecule has 0 radical (unpaired) electrons. The number of nitrogen functional groups attached to an aromatic ring is 1. The molecule has 1 aromatic heterocycles. The molecule has 2 heterocycles. The van der Waals surface area contributed by atoms with Crippen LogP contribution in [-0.2, 0) is 4.74 Å². The molecular formula is C20H25N7O4. The van der Waals surface area contributed by atoms with E-state index in [1.165, 1.54) is 30.6 Å². The first kappa shape index (κ1) is 21.9. The number of nitro benzene ring substituents is 1. The lowest BCUT2D eigenvalue weighted by Crippen LogP contribution is -2.36. The number of aromatic nitrogens is 2. The summed E-state index contributed by atoms with van der Waals surface area (Å²) >= 11 is 0. The maximum atomic E-state index is 12.3. The average Bonchev–Trinajstić information content (AvgIpc) is 3.15. The number of ether oxygens (including phenoxy) is 1. The van der Waals surface area contributed by atoms with E-state index in [0.29, 0.717) is 36.5 Å². The Labute approximate surface area is 179 Å². The number of likely N-dealkylation sites (tertiary alicyclic amines) is 1. The van der Waals surface area contributed by atoms with Crippen molar-refractivity contribution in [2.75, 3.05) is 24.1 Å². The molecule has 1 atom stereocenters. The summed E-state index contributed by atoms with van der Waals surface area (Å²) < 4.78 is 5.42. The van der Waals surface area contributed by atoms with Crippen molar-refractivity contribution < 1.29 is 14.5 Å². The number of anilines is 2. The van der Waals surface area contributed by atoms with Crippen molar-refractivity contribution in [3.8, 4) is 0 Å². The van der Waals surface area contributed by atoms with Gasteiger partial charge in [-0.2, -0.15) is 0 Å². The molecular weight excluding hydrogens is 402 g/mol. The summed E-state index contributed by atoms with van der Waals surface area (Å²) in [6, 6.07) is 5.51. The van der Waals surface area contributed by atoms with Crippen LogP contribution in [0.15, 0.2) is 30.6 Å². The van der Waals surface area contributed by atoms with Crippen molar-refractivity contribution in [2.45, 2.75) is 38.8 Å². The summed E-state index contributed by atoms with van der Waals surface area (Å²) in [5, 5.41) is 22.7. The van der Waals surface area contributed by atoms with E-state index in [0.717, 1.165) is 0 Å². The van der Waals surface area contributed by atoms with Crippen molar-refractivity contribution >= 4 is 29.1 Å². The Morgan fingerprint density at radius 3 is 2.61 bits per heavy atom. The molecule has 0 aliphatic carbocycles. The summed E-state index contributed by atoms with van der Waals surface area (Å²) in [5.74, 6) is 0.481. The third-order valence-corrected chi connectivity index (χ3v) is 4.67. The smallest absolute Gasteiger partial charge is 0.410 e. The second kappa shape index (κ2) is 8.54. The summed E-state index contributed by atoms with van der Waals surface area (Å²) in [6.07, 6.45) is 1.59. The highest BCUT2D eigenvalue weighted by Gasteiger charge is 2.31. The Kier molecular flexibility index (Phi) is 6.04. The van der Waals surface area contributed by atoms with E-state index in [1.54, 1.807) is 4.90 Å².